The summed E-state index contributed by atoms with van der Waals surface area (Å²) in [4.78, 5) is 28.1. The molecule has 0 spiro atoms. The summed E-state index contributed by atoms with van der Waals surface area (Å²) in [5.74, 6) is 0.360. The van der Waals surface area contributed by atoms with Crippen LogP contribution in [0.4, 0.5) is 5.69 Å². The molecule has 2 aromatic carbocycles. The van der Waals surface area contributed by atoms with Gasteiger partial charge in [0.2, 0.25) is 21.8 Å². The molecule has 1 fully saturated rings. The van der Waals surface area contributed by atoms with E-state index in [0.29, 0.717) is 17.9 Å². The molecule has 1 atom stereocenters. The summed E-state index contributed by atoms with van der Waals surface area (Å²) in [5, 5.41) is 3.10. The summed E-state index contributed by atoms with van der Waals surface area (Å²) in [6, 6.07) is 14.2. The van der Waals surface area contributed by atoms with E-state index in [2.05, 4.69) is 5.32 Å². The number of methoxy groups -OCH3 is 1. The zero-order valence-corrected chi connectivity index (χ0v) is 23.1. The maximum Gasteiger partial charge on any atom is 0.242 e. The number of nitrogens with one attached hydrogen (secondary N) is 1. The molecule has 0 radical (unpaired) electrons. The predicted molar refractivity (Wildman–Crippen MR) is 146 cm³/mol. The molecule has 1 aliphatic rings. The molecule has 0 aliphatic heterocycles. The molecule has 0 bridgehead atoms. The van der Waals surface area contributed by atoms with Gasteiger partial charge < -0.3 is 15.0 Å². The van der Waals surface area contributed by atoms with Gasteiger partial charge in [-0.3, -0.25) is 13.9 Å². The normalized spacial score (nSPS) is 14.7. The molecule has 37 heavy (non-hydrogen) atoms. The van der Waals surface area contributed by atoms with E-state index in [1.807, 2.05) is 43.3 Å². The lowest BCUT2D eigenvalue weighted by Gasteiger charge is -2.30. The minimum absolute atomic E-state index is 0.120. The van der Waals surface area contributed by atoms with Crippen LogP contribution in [0.2, 0.25) is 0 Å². The van der Waals surface area contributed by atoms with Crippen molar-refractivity contribution in [1.29, 1.82) is 0 Å². The molecule has 1 N–H and O–H groups in total. The van der Waals surface area contributed by atoms with E-state index in [4.69, 9.17) is 4.74 Å². The van der Waals surface area contributed by atoms with Gasteiger partial charge in [0.1, 0.15) is 11.8 Å². The molecule has 1 saturated carbocycles. The van der Waals surface area contributed by atoms with Crippen LogP contribution in [0.1, 0.15) is 56.6 Å². The van der Waals surface area contributed by atoms with Crippen molar-refractivity contribution in [3.8, 4) is 5.75 Å². The Labute approximate surface area is 221 Å². The quantitative estimate of drug-likeness (QED) is 0.448. The number of aryl methyl sites for hydroxylation is 1. The lowest BCUT2D eigenvalue weighted by molar-refractivity contribution is -0.141. The Balaban J connectivity index is 1.71. The van der Waals surface area contributed by atoms with Gasteiger partial charge in [0.05, 0.1) is 19.1 Å². The summed E-state index contributed by atoms with van der Waals surface area (Å²) in [7, 11) is -1.92. The molecule has 202 valence electrons. The number of hydrogen-bond donors (Lipinski definition) is 1. The SMILES string of the molecule is COc1ccc(CN(C(=O)CCCN(c2ccc(C)cc2)S(C)(=O)=O)[C@@H](C)C(=O)NC2CCCC2)cc1. The highest BCUT2D eigenvalue weighted by molar-refractivity contribution is 7.92. The zero-order valence-electron chi connectivity index (χ0n) is 22.3. The summed E-state index contributed by atoms with van der Waals surface area (Å²) in [6.45, 7) is 4.14. The Morgan fingerprint density at radius 1 is 1.05 bits per heavy atom. The summed E-state index contributed by atoms with van der Waals surface area (Å²) in [5.41, 5.74) is 2.48. The first-order valence-corrected chi connectivity index (χ1v) is 14.7. The smallest absolute Gasteiger partial charge is 0.242 e. The second-order valence-electron chi connectivity index (χ2n) is 9.81. The monoisotopic (exact) mass is 529 g/mol. The molecule has 2 aromatic rings. The number of amides is 2. The maximum absolute atomic E-state index is 13.4. The minimum Gasteiger partial charge on any atom is -0.497 e. The first-order valence-electron chi connectivity index (χ1n) is 12.9. The first kappa shape index (κ1) is 28.5. The molecule has 2 amide bonds. The Kier molecular flexibility index (Phi) is 9.97. The number of carbonyl (C=O) groups excluding carboxylic acids is 2. The molecule has 0 heterocycles. The van der Waals surface area contributed by atoms with E-state index in [9.17, 15) is 18.0 Å². The fourth-order valence-corrected chi connectivity index (χ4v) is 5.58. The third kappa shape index (κ3) is 8.21. The number of sulfonamides is 1. The van der Waals surface area contributed by atoms with Gasteiger partial charge in [-0.15, -0.1) is 0 Å². The van der Waals surface area contributed by atoms with Crippen LogP contribution in [0, 0.1) is 6.92 Å². The van der Waals surface area contributed by atoms with Crippen LogP contribution in [0.5, 0.6) is 5.75 Å². The van der Waals surface area contributed by atoms with Crippen LogP contribution in [0.25, 0.3) is 0 Å². The van der Waals surface area contributed by atoms with Crippen molar-refractivity contribution in [3.05, 3.63) is 59.7 Å². The Hall–Kier alpha value is -3.07. The third-order valence-corrected chi connectivity index (χ3v) is 8.05. The largest absolute Gasteiger partial charge is 0.497 e. The van der Waals surface area contributed by atoms with Crippen molar-refractivity contribution in [3.63, 3.8) is 0 Å². The molecular weight excluding hydrogens is 490 g/mol. The highest BCUT2D eigenvalue weighted by Crippen LogP contribution is 2.21. The Morgan fingerprint density at radius 3 is 2.24 bits per heavy atom. The summed E-state index contributed by atoms with van der Waals surface area (Å²) in [6.07, 6.45) is 5.75. The van der Waals surface area contributed by atoms with E-state index in [0.717, 1.165) is 36.8 Å². The summed E-state index contributed by atoms with van der Waals surface area (Å²) < 4.78 is 31.5. The van der Waals surface area contributed by atoms with Crippen LogP contribution in [-0.2, 0) is 26.2 Å². The molecule has 0 aromatic heterocycles. The average molecular weight is 530 g/mol. The van der Waals surface area contributed by atoms with Crippen molar-refractivity contribution in [2.75, 3.05) is 24.2 Å². The highest BCUT2D eigenvalue weighted by Gasteiger charge is 2.28. The standard InChI is InChI=1S/C28H39N3O5S/c1-21-11-15-25(16-12-21)31(37(4,34)35)19-7-10-27(32)30(20-23-13-17-26(36-3)18-14-23)22(2)28(33)29-24-8-5-6-9-24/h11-18,22,24H,5-10,19-20H2,1-4H3,(H,29,33)/t22-/m0/s1. The lowest BCUT2D eigenvalue weighted by Crippen LogP contribution is -2.49. The number of hydrogen-bond acceptors (Lipinski definition) is 5. The molecule has 3 rings (SSSR count). The lowest BCUT2D eigenvalue weighted by atomic mass is 10.1. The molecule has 0 saturated heterocycles. The molecule has 8 nitrogen and oxygen atoms in total. The van der Waals surface area contributed by atoms with Crippen LogP contribution < -0.4 is 14.4 Å². The third-order valence-electron chi connectivity index (χ3n) is 6.85. The number of benzene rings is 2. The van der Waals surface area contributed by atoms with Crippen LogP contribution in [-0.4, -0.2) is 57.1 Å². The fraction of sp³-hybridized carbons (Fsp3) is 0.500. The molecule has 0 unspecified atom stereocenters. The zero-order chi connectivity index (χ0) is 27.0. The van der Waals surface area contributed by atoms with Crippen LogP contribution >= 0.6 is 0 Å². The Bertz CT molecular complexity index is 1140. The van der Waals surface area contributed by atoms with Crippen LogP contribution in [0.3, 0.4) is 0 Å². The number of carbonyl (C=O) groups is 2. The number of anilines is 1. The van der Waals surface area contributed by atoms with Gasteiger partial charge in [-0.05, 0) is 62.9 Å². The van der Waals surface area contributed by atoms with Gasteiger partial charge in [0.15, 0.2) is 0 Å². The summed E-state index contributed by atoms with van der Waals surface area (Å²) >= 11 is 0. The predicted octanol–water partition coefficient (Wildman–Crippen LogP) is 4.03. The second-order valence-corrected chi connectivity index (χ2v) is 11.7. The van der Waals surface area contributed by atoms with Crippen molar-refractivity contribution in [1.82, 2.24) is 10.2 Å². The second kappa shape index (κ2) is 12.9. The van der Waals surface area contributed by atoms with E-state index in [1.165, 1.54) is 10.6 Å². The topological polar surface area (TPSA) is 96.0 Å². The minimum atomic E-state index is -3.51. The molecule has 9 heteroatoms. The number of ether oxygens (including phenoxy) is 1. The Morgan fingerprint density at radius 2 is 1.68 bits per heavy atom. The van der Waals surface area contributed by atoms with Crippen molar-refractivity contribution >= 4 is 27.5 Å². The van der Waals surface area contributed by atoms with Gasteiger partial charge in [-0.2, -0.15) is 0 Å². The first-order chi connectivity index (χ1) is 17.6. The van der Waals surface area contributed by atoms with Gasteiger partial charge in [0, 0.05) is 25.6 Å². The van der Waals surface area contributed by atoms with Crippen molar-refractivity contribution in [2.45, 2.75) is 71.0 Å². The number of rotatable bonds is 12. The van der Waals surface area contributed by atoms with Gasteiger partial charge in [0.25, 0.3) is 0 Å². The maximum atomic E-state index is 13.4. The van der Waals surface area contributed by atoms with E-state index >= 15 is 0 Å². The average Bonchev–Trinajstić information content (AvgIpc) is 3.38. The molecular formula is C28H39N3O5S. The molecule has 1 aliphatic carbocycles. The van der Waals surface area contributed by atoms with E-state index in [-0.39, 0.29) is 37.4 Å². The van der Waals surface area contributed by atoms with Crippen LogP contribution in [0.15, 0.2) is 48.5 Å². The van der Waals surface area contributed by atoms with E-state index < -0.39 is 16.1 Å². The van der Waals surface area contributed by atoms with E-state index in [1.54, 1.807) is 31.1 Å². The van der Waals surface area contributed by atoms with Gasteiger partial charge in [-0.1, -0.05) is 42.7 Å². The highest BCUT2D eigenvalue weighted by atomic mass is 32.2. The number of nitrogens with zero attached hydrogens (tertiary/aromatic N) is 2. The fourth-order valence-electron chi connectivity index (χ4n) is 4.62. The van der Waals surface area contributed by atoms with Crippen molar-refractivity contribution < 1.29 is 22.7 Å². The van der Waals surface area contributed by atoms with Crippen molar-refractivity contribution in [2.24, 2.45) is 0 Å². The van der Waals surface area contributed by atoms with Gasteiger partial charge in [-0.25, -0.2) is 8.42 Å². The van der Waals surface area contributed by atoms with Gasteiger partial charge >= 0.3 is 0 Å².